The molecule has 6 rings (SSSR count). The van der Waals surface area contributed by atoms with Gasteiger partial charge in [-0.05, 0) is 159 Å². The van der Waals surface area contributed by atoms with Gasteiger partial charge in [-0.25, -0.2) is 0 Å². The zero-order valence-electron chi connectivity index (χ0n) is 41.6. The monoisotopic (exact) mass is 1020 g/mol. The van der Waals surface area contributed by atoms with Crippen molar-refractivity contribution < 1.29 is 71.5 Å². The molecule has 6 aromatic rings. The highest BCUT2D eigenvalue weighted by Crippen LogP contribution is 2.30. The van der Waals surface area contributed by atoms with E-state index in [9.17, 15) is 35.7 Å². The van der Waals surface area contributed by atoms with Crippen molar-refractivity contribution in [1.82, 2.24) is 16.0 Å². The zero-order valence-corrected chi connectivity index (χ0v) is 41.6. The lowest BCUT2D eigenvalue weighted by Crippen LogP contribution is -2.28. The molecule has 4 atom stereocenters. The minimum atomic E-state index is -0.795. The largest absolute Gasteiger partial charge is 0.508 e. The summed E-state index contributed by atoms with van der Waals surface area (Å²) in [5, 5.41) is 138. The number of phenolic OH excluding ortho intramolecular Hbond substituents is 11. The van der Waals surface area contributed by atoms with Gasteiger partial charge in [0.25, 0.3) is 0 Å². The van der Waals surface area contributed by atoms with E-state index in [4.69, 9.17) is 47.2 Å². The maximum Gasteiger partial charge on any atom is 0.157 e. The van der Waals surface area contributed by atoms with Crippen LogP contribution in [0.25, 0.3) is 0 Å². The first-order chi connectivity index (χ1) is 34.6. The van der Waals surface area contributed by atoms with E-state index in [1.807, 2.05) is 32.0 Å². The lowest BCUT2D eigenvalue weighted by molar-refractivity contribution is 0.171. The molecule has 19 nitrogen and oxygen atoms in total. The third-order valence-electron chi connectivity index (χ3n) is 10.7. The maximum absolute atomic E-state index is 9.73. The van der Waals surface area contributed by atoms with Gasteiger partial charge in [-0.3, -0.25) is 0 Å². The fourth-order valence-corrected chi connectivity index (χ4v) is 6.38. The van der Waals surface area contributed by atoms with Crippen molar-refractivity contribution in [2.45, 2.75) is 76.9 Å². The average molecular weight is 1020 g/mol. The normalized spacial score (nSPS) is 12.2. The van der Waals surface area contributed by atoms with Gasteiger partial charge in [0, 0.05) is 31.7 Å². The molecule has 0 spiro atoms. The summed E-state index contributed by atoms with van der Waals surface area (Å²) in [6.07, 6.45) is 1.36. The fourth-order valence-electron chi connectivity index (χ4n) is 6.38. The number of nitrogens with two attached hydrogens (primary N) is 2. The molecule has 0 aliphatic carbocycles. The van der Waals surface area contributed by atoms with Gasteiger partial charge in [-0.2, -0.15) is 0 Å². The number of hydrogen-bond acceptors (Lipinski definition) is 19. The average Bonchev–Trinajstić information content (AvgIpc) is 3.36. The van der Waals surface area contributed by atoms with Crippen LogP contribution in [-0.2, 0) is 19.3 Å². The lowest BCUT2D eigenvalue weighted by atomic mass is 10.1. The highest BCUT2D eigenvalue weighted by molar-refractivity contribution is 5.44. The summed E-state index contributed by atoms with van der Waals surface area (Å²) in [4.78, 5) is 0. The van der Waals surface area contributed by atoms with E-state index in [0.717, 1.165) is 36.9 Å². The van der Waals surface area contributed by atoms with Gasteiger partial charge in [-0.1, -0.05) is 56.3 Å². The van der Waals surface area contributed by atoms with Crippen molar-refractivity contribution in [2.24, 2.45) is 11.5 Å². The van der Waals surface area contributed by atoms with Gasteiger partial charge in [0.05, 0.1) is 18.3 Å². The Kier molecular flexibility index (Phi) is 27.7. The van der Waals surface area contributed by atoms with Crippen LogP contribution in [0, 0.1) is 0 Å². The van der Waals surface area contributed by atoms with E-state index in [-0.39, 0.29) is 64.0 Å². The quantitative estimate of drug-likeness (QED) is 0.0496. The van der Waals surface area contributed by atoms with Crippen LogP contribution in [0.2, 0.25) is 0 Å². The van der Waals surface area contributed by atoms with Crippen molar-refractivity contribution in [3.05, 3.63) is 149 Å². The molecule has 73 heavy (non-hydrogen) atoms. The van der Waals surface area contributed by atoms with Gasteiger partial charge in [-0.15, -0.1) is 0 Å². The lowest BCUT2D eigenvalue weighted by Gasteiger charge is -2.14. The van der Waals surface area contributed by atoms with Crippen LogP contribution in [0.1, 0.15) is 78.9 Å². The molecule has 0 bridgehead atoms. The molecular weight excluding hydrogens is 943 g/mol. The molecule has 6 aromatic carbocycles. The minimum absolute atomic E-state index is 0.0714. The van der Waals surface area contributed by atoms with Crippen LogP contribution in [0.15, 0.2) is 115 Å². The van der Waals surface area contributed by atoms with Crippen LogP contribution in [0.4, 0.5) is 0 Å². The summed E-state index contributed by atoms with van der Waals surface area (Å²) in [5.74, 6) is -1.28. The highest BCUT2D eigenvalue weighted by Gasteiger charge is 2.12. The number of rotatable bonds is 18. The number of hydrogen-bond donors (Lipinski definition) is 19. The Hall–Kier alpha value is -7.20. The van der Waals surface area contributed by atoms with Crippen LogP contribution >= 0.6 is 0 Å². The van der Waals surface area contributed by atoms with E-state index >= 15 is 0 Å². The number of aromatic hydroxyl groups is 11. The van der Waals surface area contributed by atoms with Crippen LogP contribution in [0.5, 0.6) is 63.2 Å². The van der Waals surface area contributed by atoms with Gasteiger partial charge in [0.2, 0.25) is 0 Å². The number of benzene rings is 6. The minimum Gasteiger partial charge on any atom is -0.508 e. The van der Waals surface area contributed by atoms with E-state index < -0.39 is 18.3 Å². The Morgan fingerprint density at radius 1 is 0.411 bits per heavy atom. The standard InChI is InChI=1S/C18H23NO3.C11H17NO3.C9H13NO3.C8H11NO3.C8H11NO2/c1-13(2-3-14-4-7-16(20)8-5-14)19-11-10-15-6-9-17(21)18(22)12-15;1-7(2)12-6-11(15)8-3-4-9(13)10(14)5-8;1-10-5-9(13)6-2-3-7(11)8(12)4-6;9-4-8(12)5-1-2-6(10)7(11)3-5;9-4-3-6-1-2-7(10)8(11)5-6/h4-9,12-13,19-22H,2-3,10-11H2,1H3;3-5,7,11-15H,6H2,1-2H3;2-4,9-13H,5H2,1H3;1-3,8,10-12H,4,9H2;1-2,5,10-11H,3-4,9H2/t;;9-;8-;/m..00./s1. The van der Waals surface area contributed by atoms with Crippen molar-refractivity contribution in [1.29, 1.82) is 0 Å². The Bertz CT molecular complexity index is 2510. The second kappa shape index (κ2) is 32.7. The molecule has 0 heterocycles. The van der Waals surface area contributed by atoms with Crippen LogP contribution < -0.4 is 27.4 Å². The molecule has 19 heteroatoms. The number of phenols is 11. The first-order valence-corrected chi connectivity index (χ1v) is 23.5. The number of aryl methyl sites for hydroxylation is 1. The number of likely N-dealkylation sites (N-methyl/N-ethyl adjacent to an activating group) is 1. The molecule has 0 saturated heterocycles. The fraction of sp³-hybridized carbons (Fsp3) is 0.333. The first kappa shape index (κ1) is 61.9. The predicted octanol–water partition coefficient (Wildman–Crippen LogP) is 5.13. The Labute approximate surface area is 426 Å². The van der Waals surface area contributed by atoms with Crippen LogP contribution in [0.3, 0.4) is 0 Å². The zero-order chi connectivity index (χ0) is 54.6. The van der Waals surface area contributed by atoms with Gasteiger partial charge >= 0.3 is 0 Å². The Morgan fingerprint density at radius 3 is 1.18 bits per heavy atom. The first-order valence-electron chi connectivity index (χ1n) is 23.5. The topological polar surface area (TPSA) is 371 Å². The number of aliphatic hydroxyl groups excluding tert-OH is 3. The van der Waals surface area contributed by atoms with Gasteiger partial charge in [0.1, 0.15) is 5.75 Å². The molecular formula is C54H75N5O14. The van der Waals surface area contributed by atoms with E-state index in [0.29, 0.717) is 60.6 Å². The van der Waals surface area contributed by atoms with E-state index in [1.54, 1.807) is 43.4 Å². The van der Waals surface area contributed by atoms with E-state index in [2.05, 4.69) is 22.9 Å². The summed E-state index contributed by atoms with van der Waals surface area (Å²) in [5.41, 5.74) is 15.3. The number of nitrogens with one attached hydrogen (secondary N) is 3. The molecule has 2 unspecified atom stereocenters. The molecule has 0 aliphatic rings. The molecule has 400 valence electrons. The second-order valence-corrected chi connectivity index (χ2v) is 17.1. The Balaban J connectivity index is 0.000000321. The molecule has 0 aliphatic heterocycles. The molecule has 0 saturated carbocycles. The van der Waals surface area contributed by atoms with E-state index in [1.165, 1.54) is 66.2 Å². The van der Waals surface area contributed by atoms with Crippen molar-refractivity contribution in [2.75, 3.05) is 39.8 Å². The van der Waals surface area contributed by atoms with Crippen molar-refractivity contribution >= 4 is 0 Å². The van der Waals surface area contributed by atoms with Crippen molar-refractivity contribution in [3.8, 4) is 63.2 Å². The predicted molar refractivity (Wildman–Crippen MR) is 280 cm³/mol. The number of aliphatic hydroxyl groups is 3. The smallest absolute Gasteiger partial charge is 0.157 e. The molecule has 21 N–H and O–H groups in total. The summed E-state index contributed by atoms with van der Waals surface area (Å²) >= 11 is 0. The third kappa shape index (κ3) is 23.7. The second-order valence-electron chi connectivity index (χ2n) is 17.1. The molecule has 0 aromatic heterocycles. The summed E-state index contributed by atoms with van der Waals surface area (Å²) in [6.45, 7) is 8.40. The summed E-state index contributed by atoms with van der Waals surface area (Å²) < 4.78 is 0. The summed E-state index contributed by atoms with van der Waals surface area (Å²) in [7, 11) is 1.73. The highest BCUT2D eigenvalue weighted by atomic mass is 16.3. The molecule has 0 fully saturated rings. The Morgan fingerprint density at radius 2 is 0.795 bits per heavy atom. The maximum atomic E-state index is 9.73. The van der Waals surface area contributed by atoms with Gasteiger partial charge < -0.3 is 98.9 Å². The summed E-state index contributed by atoms with van der Waals surface area (Å²) in [6, 6.07) is 30.3. The van der Waals surface area contributed by atoms with Gasteiger partial charge in [0.15, 0.2) is 57.5 Å². The molecule has 0 amide bonds. The van der Waals surface area contributed by atoms with Crippen molar-refractivity contribution in [3.63, 3.8) is 0 Å². The molecule has 0 radical (unpaired) electrons. The third-order valence-corrected chi connectivity index (χ3v) is 10.7. The SMILES string of the molecule is CC(C)NCC(O)c1ccc(O)c(O)c1.CC(CCc1ccc(O)cc1)NCCc1ccc(O)c(O)c1.CNC[C@H](O)c1ccc(O)c(O)c1.NCCc1ccc(O)c(O)c1.NC[C@H](O)c1ccc(O)c(O)c1. The van der Waals surface area contributed by atoms with Crippen LogP contribution in [-0.4, -0.2) is 123 Å².